The van der Waals surface area contributed by atoms with Crippen molar-refractivity contribution in [3.05, 3.63) is 94.1 Å². The Morgan fingerprint density at radius 2 is 1.71 bits per heavy atom. The van der Waals surface area contributed by atoms with Crippen molar-refractivity contribution in [3.63, 3.8) is 0 Å². The molecule has 4 aromatic rings. The summed E-state index contributed by atoms with van der Waals surface area (Å²) < 4.78 is 14.1. The number of hydrogen-bond donors (Lipinski definition) is 1. The van der Waals surface area contributed by atoms with E-state index in [4.69, 9.17) is 9.47 Å². The number of fused-ring (bicyclic) bond motifs is 3. The molecule has 1 aliphatic heterocycles. The molecule has 218 valence electrons. The second kappa shape index (κ2) is 11.8. The number of methoxy groups -OCH3 is 2. The molecule has 6 rings (SSSR count). The lowest BCUT2D eigenvalue weighted by Gasteiger charge is -2.47. The fourth-order valence-electron chi connectivity index (χ4n) is 6.60. The molecule has 2 aliphatic rings. The van der Waals surface area contributed by atoms with E-state index < -0.39 is 5.54 Å². The zero-order valence-corrected chi connectivity index (χ0v) is 25.7. The number of carbonyl (C=O) groups excluding carboxylic acids is 2. The number of hydrogen-bond acceptors (Lipinski definition) is 4. The summed E-state index contributed by atoms with van der Waals surface area (Å²) in [6, 6.07) is 23.3. The summed E-state index contributed by atoms with van der Waals surface area (Å²) in [6.45, 7) is 0.461. The highest BCUT2D eigenvalue weighted by Crippen LogP contribution is 2.42. The summed E-state index contributed by atoms with van der Waals surface area (Å²) in [7, 11) is 3.26. The van der Waals surface area contributed by atoms with Crippen molar-refractivity contribution in [3.8, 4) is 11.5 Å². The first-order valence-corrected chi connectivity index (χ1v) is 15.4. The number of aromatic nitrogens is 1. The fourth-order valence-corrected chi connectivity index (χ4v) is 7.01. The van der Waals surface area contributed by atoms with Crippen LogP contribution in [-0.4, -0.2) is 41.5 Å². The molecular weight excluding hydrogens is 594 g/mol. The predicted octanol–water partition coefficient (Wildman–Crippen LogP) is 6.81. The van der Waals surface area contributed by atoms with E-state index in [2.05, 4.69) is 21.2 Å². The van der Waals surface area contributed by atoms with Gasteiger partial charge in [-0.3, -0.25) is 9.59 Å². The quantitative estimate of drug-likeness (QED) is 0.228. The highest BCUT2D eigenvalue weighted by Gasteiger charge is 2.53. The van der Waals surface area contributed by atoms with Crippen LogP contribution in [0.1, 0.15) is 60.1 Å². The third-order valence-corrected chi connectivity index (χ3v) is 9.30. The Bertz CT molecular complexity index is 1610. The van der Waals surface area contributed by atoms with Crippen LogP contribution in [0.5, 0.6) is 11.5 Å². The minimum atomic E-state index is -1.31. The van der Waals surface area contributed by atoms with Crippen molar-refractivity contribution in [2.45, 2.75) is 63.2 Å². The van der Waals surface area contributed by atoms with Gasteiger partial charge in [-0.1, -0.05) is 71.9 Å². The molecule has 2 amide bonds. The van der Waals surface area contributed by atoms with Crippen LogP contribution >= 0.6 is 15.9 Å². The summed E-state index contributed by atoms with van der Waals surface area (Å²) >= 11 is 3.59. The Kier molecular flexibility index (Phi) is 7.99. The van der Waals surface area contributed by atoms with Gasteiger partial charge < -0.3 is 24.3 Å². The van der Waals surface area contributed by atoms with Crippen LogP contribution < -0.4 is 14.8 Å². The van der Waals surface area contributed by atoms with Gasteiger partial charge in [-0.25, -0.2) is 0 Å². The van der Waals surface area contributed by atoms with Gasteiger partial charge in [0.2, 0.25) is 0 Å². The lowest BCUT2D eigenvalue weighted by molar-refractivity contribution is -0.136. The molecular formula is C34H36BrN3O4. The van der Waals surface area contributed by atoms with E-state index in [-0.39, 0.29) is 30.9 Å². The van der Waals surface area contributed by atoms with E-state index in [0.29, 0.717) is 17.2 Å². The molecule has 2 heterocycles. The lowest BCUT2D eigenvalue weighted by Crippen LogP contribution is -2.64. The Morgan fingerprint density at radius 3 is 2.43 bits per heavy atom. The van der Waals surface area contributed by atoms with Crippen LogP contribution in [0.2, 0.25) is 0 Å². The van der Waals surface area contributed by atoms with Crippen LogP contribution in [0.25, 0.3) is 10.9 Å². The Balaban J connectivity index is 1.56. The first-order valence-electron chi connectivity index (χ1n) is 14.6. The monoisotopic (exact) mass is 629 g/mol. The molecule has 0 bridgehead atoms. The van der Waals surface area contributed by atoms with Crippen LogP contribution in [0.3, 0.4) is 0 Å². The zero-order chi connectivity index (χ0) is 29.3. The Hall–Kier alpha value is -3.78. The number of ether oxygens (including phenoxy) is 2. The topological polar surface area (TPSA) is 72.8 Å². The zero-order valence-electron chi connectivity index (χ0n) is 24.1. The summed E-state index contributed by atoms with van der Waals surface area (Å²) in [5, 5.41) is 4.35. The molecule has 1 aromatic heterocycles. The Labute approximate surface area is 254 Å². The molecule has 7 nitrogen and oxygen atoms in total. The minimum absolute atomic E-state index is 0.0702. The summed E-state index contributed by atoms with van der Waals surface area (Å²) in [6.07, 6.45) is 6.44. The third kappa shape index (κ3) is 5.06. The normalized spacial score (nSPS) is 19.3. The summed E-state index contributed by atoms with van der Waals surface area (Å²) in [5.41, 5.74) is 1.68. The number of carbonyl (C=O) groups is 2. The van der Waals surface area contributed by atoms with Crippen LogP contribution in [0.4, 0.5) is 0 Å². The van der Waals surface area contributed by atoms with Crippen molar-refractivity contribution in [2.75, 3.05) is 14.2 Å². The smallest absolute Gasteiger partial charge is 0.272 e. The van der Waals surface area contributed by atoms with Gasteiger partial charge in [-0.05, 0) is 54.8 Å². The van der Waals surface area contributed by atoms with Gasteiger partial charge in [0.05, 0.1) is 32.8 Å². The SMILES string of the molecule is COc1ccc2cc3n(c2c1)C[C@@](C(=O)NC1CCCCCC1)(c1ccccc1)N(Cc1cc(Br)ccc1OC)C3=O. The number of halogens is 1. The molecule has 1 aliphatic carbocycles. The second-order valence-corrected chi connectivity index (χ2v) is 12.2. The van der Waals surface area contributed by atoms with Crippen LogP contribution in [0.15, 0.2) is 77.3 Å². The van der Waals surface area contributed by atoms with Gasteiger partial charge in [0, 0.05) is 27.5 Å². The van der Waals surface area contributed by atoms with E-state index in [1.54, 1.807) is 19.1 Å². The lowest BCUT2D eigenvalue weighted by atomic mass is 9.83. The van der Waals surface area contributed by atoms with Gasteiger partial charge in [0.1, 0.15) is 17.2 Å². The second-order valence-electron chi connectivity index (χ2n) is 11.3. The van der Waals surface area contributed by atoms with Gasteiger partial charge in [-0.2, -0.15) is 0 Å². The van der Waals surface area contributed by atoms with Crippen molar-refractivity contribution in [1.82, 2.24) is 14.8 Å². The molecule has 0 spiro atoms. The number of rotatable bonds is 7. The Morgan fingerprint density at radius 1 is 0.952 bits per heavy atom. The minimum Gasteiger partial charge on any atom is -0.497 e. The number of benzene rings is 3. The number of nitrogens with one attached hydrogen (secondary N) is 1. The first kappa shape index (κ1) is 28.3. The maximum Gasteiger partial charge on any atom is 0.272 e. The molecule has 1 fully saturated rings. The fraction of sp³-hybridized carbons (Fsp3) is 0.353. The highest BCUT2D eigenvalue weighted by molar-refractivity contribution is 9.10. The number of nitrogens with zero attached hydrogens (tertiary/aromatic N) is 2. The predicted molar refractivity (Wildman–Crippen MR) is 167 cm³/mol. The molecule has 1 atom stereocenters. The van der Waals surface area contributed by atoms with E-state index in [1.165, 1.54) is 12.8 Å². The van der Waals surface area contributed by atoms with Gasteiger partial charge in [0.25, 0.3) is 11.8 Å². The molecule has 42 heavy (non-hydrogen) atoms. The van der Waals surface area contributed by atoms with E-state index >= 15 is 0 Å². The van der Waals surface area contributed by atoms with E-state index in [1.807, 2.05) is 77.4 Å². The van der Waals surface area contributed by atoms with Crippen molar-refractivity contribution in [2.24, 2.45) is 0 Å². The van der Waals surface area contributed by atoms with Gasteiger partial charge >= 0.3 is 0 Å². The maximum absolute atomic E-state index is 14.9. The largest absolute Gasteiger partial charge is 0.497 e. The molecule has 1 N–H and O–H groups in total. The van der Waals surface area contributed by atoms with Crippen LogP contribution in [0, 0.1) is 0 Å². The van der Waals surface area contributed by atoms with Gasteiger partial charge in [0.15, 0.2) is 5.54 Å². The number of amides is 2. The molecule has 3 aromatic carbocycles. The van der Waals surface area contributed by atoms with Gasteiger partial charge in [-0.15, -0.1) is 0 Å². The van der Waals surface area contributed by atoms with E-state index in [9.17, 15) is 9.59 Å². The highest BCUT2D eigenvalue weighted by atomic mass is 79.9. The van der Waals surface area contributed by atoms with Crippen molar-refractivity contribution >= 4 is 38.6 Å². The van der Waals surface area contributed by atoms with Crippen molar-refractivity contribution < 1.29 is 19.1 Å². The van der Waals surface area contributed by atoms with E-state index in [0.717, 1.165) is 52.2 Å². The molecule has 8 heteroatoms. The standard InChI is InChI=1S/C34H36BrN3O4/c1-41-28-16-14-23-19-30-32(39)38(21-24-18-26(35)15-17-31(24)42-2)34(22-37(30)29(23)20-28,25-10-6-5-7-11-25)33(40)36-27-12-8-3-4-9-13-27/h5-7,10-11,14-20,27H,3-4,8-9,12-13,21-22H2,1-2H3,(H,36,40)/t34-/m0/s1. The van der Waals surface area contributed by atoms with Crippen LogP contribution in [-0.2, 0) is 23.4 Å². The summed E-state index contributed by atoms with van der Waals surface area (Å²) in [5.74, 6) is 0.995. The third-order valence-electron chi connectivity index (χ3n) is 8.81. The summed E-state index contributed by atoms with van der Waals surface area (Å²) in [4.78, 5) is 31.3. The maximum atomic E-state index is 14.9. The molecule has 0 radical (unpaired) electrons. The molecule has 0 unspecified atom stereocenters. The average molecular weight is 631 g/mol. The first-order chi connectivity index (χ1) is 20.4. The van der Waals surface area contributed by atoms with Crippen molar-refractivity contribution in [1.29, 1.82) is 0 Å². The average Bonchev–Trinajstić information content (AvgIpc) is 3.17. The molecule has 1 saturated carbocycles. The molecule has 0 saturated heterocycles.